The van der Waals surface area contributed by atoms with Crippen molar-refractivity contribution in [1.29, 1.82) is 0 Å². The van der Waals surface area contributed by atoms with E-state index in [0.29, 0.717) is 0 Å². The average molecular weight is 373 g/mol. The number of halogens is 3. The third kappa shape index (κ3) is 5.21. The minimum absolute atomic E-state index is 0.0436. The molecule has 0 fully saturated rings. The molecule has 0 aliphatic carbocycles. The predicted molar refractivity (Wildman–Crippen MR) is 85.1 cm³/mol. The van der Waals surface area contributed by atoms with Crippen LogP contribution >= 0.6 is 0 Å². The fourth-order valence-electron chi connectivity index (χ4n) is 1.97. The van der Waals surface area contributed by atoms with Crippen molar-refractivity contribution in [3.05, 3.63) is 54.1 Å². The number of carbonyl (C=O) groups excluding carboxylic acids is 1. The molecule has 2 rings (SSSR count). The SMILES string of the molecule is CS(=O)(=O)c1ccccc1NC(=O)COc1ccc(C(F)(F)F)cc1. The van der Waals surface area contributed by atoms with Crippen LogP contribution in [0.4, 0.5) is 18.9 Å². The summed E-state index contributed by atoms with van der Waals surface area (Å²) in [6, 6.07) is 9.72. The number of rotatable bonds is 5. The van der Waals surface area contributed by atoms with E-state index in [9.17, 15) is 26.4 Å². The van der Waals surface area contributed by atoms with Crippen LogP contribution in [0.5, 0.6) is 5.75 Å². The second-order valence-electron chi connectivity index (χ2n) is 5.13. The number of benzene rings is 2. The lowest BCUT2D eigenvalue weighted by atomic mass is 10.2. The van der Waals surface area contributed by atoms with Crippen molar-refractivity contribution < 1.29 is 31.1 Å². The molecule has 2 aromatic rings. The molecule has 0 saturated carbocycles. The van der Waals surface area contributed by atoms with Gasteiger partial charge < -0.3 is 10.1 Å². The van der Waals surface area contributed by atoms with Crippen molar-refractivity contribution in [2.75, 3.05) is 18.2 Å². The summed E-state index contributed by atoms with van der Waals surface area (Å²) in [5, 5.41) is 2.40. The first-order valence-corrected chi connectivity index (χ1v) is 8.85. The highest BCUT2D eigenvalue weighted by atomic mass is 32.2. The van der Waals surface area contributed by atoms with Gasteiger partial charge in [-0.25, -0.2) is 8.42 Å². The Hall–Kier alpha value is -2.55. The van der Waals surface area contributed by atoms with Crippen LogP contribution in [0.1, 0.15) is 5.56 Å². The van der Waals surface area contributed by atoms with Crippen LogP contribution < -0.4 is 10.1 Å². The molecule has 0 saturated heterocycles. The maximum Gasteiger partial charge on any atom is 0.416 e. The van der Waals surface area contributed by atoms with E-state index in [1.165, 1.54) is 18.2 Å². The Morgan fingerprint density at radius 1 is 1.08 bits per heavy atom. The quantitative estimate of drug-likeness (QED) is 0.874. The number of nitrogens with one attached hydrogen (secondary N) is 1. The van der Waals surface area contributed by atoms with Gasteiger partial charge in [0.2, 0.25) is 0 Å². The van der Waals surface area contributed by atoms with Gasteiger partial charge in [-0.3, -0.25) is 4.79 Å². The van der Waals surface area contributed by atoms with E-state index in [1.807, 2.05) is 0 Å². The zero-order valence-electron chi connectivity index (χ0n) is 13.0. The number of hydrogen-bond acceptors (Lipinski definition) is 4. The molecule has 0 aromatic heterocycles. The van der Waals surface area contributed by atoms with Crippen LogP contribution in [0.25, 0.3) is 0 Å². The van der Waals surface area contributed by atoms with Gasteiger partial charge >= 0.3 is 6.18 Å². The first-order chi connectivity index (χ1) is 11.6. The second kappa shape index (κ2) is 7.14. The van der Waals surface area contributed by atoms with Gasteiger partial charge in [-0.05, 0) is 36.4 Å². The molecule has 5 nitrogen and oxygen atoms in total. The van der Waals surface area contributed by atoms with Crippen molar-refractivity contribution >= 4 is 21.4 Å². The van der Waals surface area contributed by atoms with E-state index in [4.69, 9.17) is 4.74 Å². The molecule has 0 aliphatic rings. The number of ether oxygens (including phenoxy) is 1. The van der Waals surface area contributed by atoms with E-state index < -0.39 is 34.1 Å². The van der Waals surface area contributed by atoms with Crippen molar-refractivity contribution in [1.82, 2.24) is 0 Å². The zero-order valence-corrected chi connectivity index (χ0v) is 13.8. The van der Waals surface area contributed by atoms with Crippen LogP contribution in [0, 0.1) is 0 Å². The largest absolute Gasteiger partial charge is 0.484 e. The van der Waals surface area contributed by atoms with Gasteiger partial charge in [0, 0.05) is 6.26 Å². The Kier molecular flexibility index (Phi) is 5.36. The Morgan fingerprint density at radius 3 is 2.24 bits per heavy atom. The monoisotopic (exact) mass is 373 g/mol. The molecular weight excluding hydrogens is 359 g/mol. The van der Waals surface area contributed by atoms with Crippen LogP contribution in [-0.2, 0) is 20.8 Å². The lowest BCUT2D eigenvalue weighted by Crippen LogP contribution is -2.21. The summed E-state index contributed by atoms with van der Waals surface area (Å²) < 4.78 is 65.8. The Bertz CT molecular complexity index is 862. The van der Waals surface area contributed by atoms with Crippen LogP contribution in [0.15, 0.2) is 53.4 Å². The number of hydrogen-bond donors (Lipinski definition) is 1. The van der Waals surface area contributed by atoms with Crippen LogP contribution in [0.2, 0.25) is 0 Å². The second-order valence-corrected chi connectivity index (χ2v) is 7.11. The first kappa shape index (κ1) is 18.8. The lowest BCUT2D eigenvalue weighted by Gasteiger charge is -2.11. The number of carbonyl (C=O) groups is 1. The normalized spacial score (nSPS) is 11.8. The molecule has 0 atom stereocenters. The minimum atomic E-state index is -4.45. The van der Waals surface area contributed by atoms with Gasteiger partial charge in [0.25, 0.3) is 5.91 Å². The van der Waals surface area contributed by atoms with Gasteiger partial charge in [-0.1, -0.05) is 12.1 Å². The van der Waals surface area contributed by atoms with Crippen molar-refractivity contribution in [2.45, 2.75) is 11.1 Å². The molecule has 0 unspecified atom stereocenters. The topological polar surface area (TPSA) is 72.5 Å². The molecular formula is C16H14F3NO4S. The summed E-state index contributed by atoms with van der Waals surface area (Å²) in [6.07, 6.45) is -3.44. The molecule has 0 heterocycles. The van der Waals surface area contributed by atoms with Crippen molar-refractivity contribution in [3.63, 3.8) is 0 Å². The number of amides is 1. The Balaban J connectivity index is 2.00. The van der Waals surface area contributed by atoms with Gasteiger partial charge in [0.15, 0.2) is 16.4 Å². The highest BCUT2D eigenvalue weighted by Crippen LogP contribution is 2.30. The van der Waals surface area contributed by atoms with Gasteiger partial charge in [0.1, 0.15) is 5.75 Å². The standard InChI is InChI=1S/C16H14F3NO4S/c1-25(22,23)14-5-3-2-4-13(14)20-15(21)10-24-12-8-6-11(7-9-12)16(17,18)19/h2-9H,10H2,1H3,(H,20,21). The van der Waals surface area contributed by atoms with Crippen LogP contribution in [-0.4, -0.2) is 27.2 Å². The fourth-order valence-corrected chi connectivity index (χ4v) is 2.81. The van der Waals surface area contributed by atoms with Crippen LogP contribution in [0.3, 0.4) is 0 Å². The lowest BCUT2D eigenvalue weighted by molar-refractivity contribution is -0.137. The average Bonchev–Trinajstić information content (AvgIpc) is 2.52. The third-order valence-corrected chi connectivity index (χ3v) is 4.27. The van der Waals surface area contributed by atoms with Crippen molar-refractivity contribution in [3.8, 4) is 5.75 Å². The van der Waals surface area contributed by atoms with E-state index in [0.717, 1.165) is 30.5 Å². The summed E-state index contributed by atoms with van der Waals surface area (Å²) in [7, 11) is -3.53. The minimum Gasteiger partial charge on any atom is -0.484 e. The molecule has 0 bridgehead atoms. The van der Waals surface area contributed by atoms with Gasteiger partial charge in [-0.15, -0.1) is 0 Å². The summed E-state index contributed by atoms with van der Waals surface area (Å²) in [6.45, 7) is -0.483. The number of alkyl halides is 3. The highest BCUT2D eigenvalue weighted by molar-refractivity contribution is 7.90. The summed E-state index contributed by atoms with van der Waals surface area (Å²) in [5.74, 6) is -0.560. The summed E-state index contributed by atoms with van der Waals surface area (Å²) in [4.78, 5) is 11.8. The summed E-state index contributed by atoms with van der Waals surface area (Å²) in [5.41, 5.74) is -0.725. The maximum atomic E-state index is 12.5. The Labute approximate surface area is 142 Å². The molecule has 2 aromatic carbocycles. The first-order valence-electron chi connectivity index (χ1n) is 6.96. The molecule has 0 radical (unpaired) electrons. The number of sulfone groups is 1. The van der Waals surface area contributed by atoms with E-state index in [1.54, 1.807) is 6.07 Å². The predicted octanol–water partition coefficient (Wildman–Crippen LogP) is 3.13. The van der Waals surface area contributed by atoms with E-state index in [-0.39, 0.29) is 16.3 Å². The number of anilines is 1. The molecule has 1 amide bonds. The zero-order chi connectivity index (χ0) is 18.7. The van der Waals surface area contributed by atoms with Gasteiger partial charge in [0.05, 0.1) is 16.1 Å². The molecule has 1 N–H and O–H groups in total. The fraction of sp³-hybridized carbons (Fsp3) is 0.188. The van der Waals surface area contributed by atoms with E-state index in [2.05, 4.69) is 5.32 Å². The highest BCUT2D eigenvalue weighted by Gasteiger charge is 2.30. The van der Waals surface area contributed by atoms with Gasteiger partial charge in [-0.2, -0.15) is 13.2 Å². The smallest absolute Gasteiger partial charge is 0.416 e. The molecule has 25 heavy (non-hydrogen) atoms. The molecule has 134 valence electrons. The summed E-state index contributed by atoms with van der Waals surface area (Å²) >= 11 is 0. The van der Waals surface area contributed by atoms with E-state index >= 15 is 0 Å². The molecule has 0 spiro atoms. The molecule has 0 aliphatic heterocycles. The third-order valence-electron chi connectivity index (χ3n) is 3.11. The maximum absolute atomic E-state index is 12.5. The van der Waals surface area contributed by atoms with Crippen molar-refractivity contribution in [2.24, 2.45) is 0 Å². The Morgan fingerprint density at radius 2 is 1.68 bits per heavy atom. The number of para-hydroxylation sites is 1. The molecule has 9 heteroatoms.